The molecule has 0 aliphatic heterocycles. The molecule has 0 unspecified atom stereocenters. The summed E-state index contributed by atoms with van der Waals surface area (Å²) in [6, 6.07) is 9.29. The van der Waals surface area contributed by atoms with Crippen molar-refractivity contribution >= 4 is 33.1 Å². The first-order valence-corrected chi connectivity index (χ1v) is 6.96. The molecule has 2 rings (SSSR count). The normalized spacial score (nSPS) is 10.3. The summed E-state index contributed by atoms with van der Waals surface area (Å²) in [5.74, 6) is 0.351. The van der Waals surface area contributed by atoms with E-state index in [-0.39, 0.29) is 5.69 Å². The maximum atomic E-state index is 11.2. The second kappa shape index (κ2) is 6.00. The van der Waals surface area contributed by atoms with Crippen molar-refractivity contribution in [2.75, 3.05) is 11.4 Å². The van der Waals surface area contributed by atoms with Crippen molar-refractivity contribution in [3.8, 4) is 0 Å². The van der Waals surface area contributed by atoms with E-state index in [0.717, 1.165) is 11.3 Å². The molecule has 2 aromatic rings. The summed E-state index contributed by atoms with van der Waals surface area (Å²) in [6.07, 6.45) is 1.57. The largest absolute Gasteiger partial charge is 0.321 e. The van der Waals surface area contributed by atoms with Crippen molar-refractivity contribution in [2.24, 2.45) is 0 Å². The fourth-order valence-electron chi connectivity index (χ4n) is 1.94. The zero-order chi connectivity index (χ0) is 14.7. The van der Waals surface area contributed by atoms with Crippen LogP contribution in [0.4, 0.5) is 17.2 Å². The minimum atomic E-state index is -0.413. The quantitative estimate of drug-likeness (QED) is 0.620. The van der Waals surface area contributed by atoms with Gasteiger partial charge in [0.25, 0.3) is 0 Å². The summed E-state index contributed by atoms with van der Waals surface area (Å²) >= 11 is 3.22. The molecule has 0 aliphatic carbocycles. The van der Waals surface area contributed by atoms with Crippen LogP contribution >= 0.6 is 15.9 Å². The number of hydrogen-bond donors (Lipinski definition) is 0. The van der Waals surface area contributed by atoms with E-state index in [1.165, 1.54) is 6.07 Å². The predicted octanol–water partition coefficient (Wildman–Crippen LogP) is 4.22. The summed E-state index contributed by atoms with van der Waals surface area (Å²) in [6.45, 7) is 4.53. The van der Waals surface area contributed by atoms with E-state index in [0.29, 0.717) is 16.8 Å². The molecule has 104 valence electrons. The fourth-order valence-corrected chi connectivity index (χ4v) is 2.26. The van der Waals surface area contributed by atoms with Gasteiger partial charge in [0.1, 0.15) is 0 Å². The predicted molar refractivity (Wildman–Crippen MR) is 82.5 cm³/mol. The molecular weight excluding hydrogens is 322 g/mol. The lowest BCUT2D eigenvalue weighted by Crippen LogP contribution is -2.18. The van der Waals surface area contributed by atoms with Crippen LogP contribution in [0.5, 0.6) is 0 Å². The lowest BCUT2D eigenvalue weighted by Gasteiger charge is -2.22. The Balaban J connectivity index is 2.51. The highest BCUT2D eigenvalue weighted by Gasteiger charge is 2.21. The Bertz CT molecular complexity index is 629. The van der Waals surface area contributed by atoms with E-state index in [1.54, 1.807) is 6.20 Å². The van der Waals surface area contributed by atoms with Crippen molar-refractivity contribution < 1.29 is 4.92 Å². The van der Waals surface area contributed by atoms with Crippen LogP contribution < -0.4 is 4.90 Å². The molecule has 0 saturated carbocycles. The molecule has 1 heterocycles. The van der Waals surface area contributed by atoms with E-state index in [4.69, 9.17) is 0 Å². The van der Waals surface area contributed by atoms with Gasteiger partial charge in [-0.15, -0.1) is 0 Å². The number of halogens is 1. The summed E-state index contributed by atoms with van der Waals surface area (Å²) in [5.41, 5.74) is 2.01. The van der Waals surface area contributed by atoms with Crippen LogP contribution in [0.15, 0.2) is 41.0 Å². The summed E-state index contributed by atoms with van der Waals surface area (Å²) < 4.78 is 0.591. The monoisotopic (exact) mass is 335 g/mol. The first-order valence-electron chi connectivity index (χ1n) is 6.17. The molecule has 5 nitrogen and oxygen atoms in total. The third-order valence-corrected chi connectivity index (χ3v) is 3.36. The van der Waals surface area contributed by atoms with Crippen LogP contribution in [0.1, 0.15) is 12.5 Å². The average Bonchev–Trinajstić information content (AvgIpc) is 2.43. The highest BCUT2D eigenvalue weighted by atomic mass is 79.9. The van der Waals surface area contributed by atoms with Gasteiger partial charge < -0.3 is 4.90 Å². The maximum Gasteiger partial charge on any atom is 0.313 e. The highest BCUT2D eigenvalue weighted by Crippen LogP contribution is 2.33. The summed E-state index contributed by atoms with van der Waals surface area (Å²) in [5, 5.41) is 11.2. The molecule has 0 radical (unpaired) electrons. The second-order valence-corrected chi connectivity index (χ2v) is 5.25. The molecule has 0 bridgehead atoms. The molecule has 0 fully saturated rings. The van der Waals surface area contributed by atoms with Crippen molar-refractivity contribution in [3.05, 3.63) is 56.7 Å². The van der Waals surface area contributed by atoms with Gasteiger partial charge >= 0.3 is 5.69 Å². The van der Waals surface area contributed by atoms with Crippen molar-refractivity contribution in [1.82, 2.24) is 4.98 Å². The van der Waals surface area contributed by atoms with E-state index < -0.39 is 4.92 Å². The molecule has 1 aromatic heterocycles. The van der Waals surface area contributed by atoms with Gasteiger partial charge in [0.05, 0.1) is 4.92 Å². The zero-order valence-corrected chi connectivity index (χ0v) is 12.8. The zero-order valence-electron chi connectivity index (χ0n) is 11.2. The van der Waals surface area contributed by atoms with Gasteiger partial charge in [-0.05, 0) is 41.9 Å². The first-order chi connectivity index (χ1) is 9.52. The number of anilines is 2. The molecule has 0 atom stereocenters. The summed E-state index contributed by atoms with van der Waals surface area (Å²) in [7, 11) is 0. The molecule has 20 heavy (non-hydrogen) atoms. The van der Waals surface area contributed by atoms with Crippen molar-refractivity contribution in [1.29, 1.82) is 0 Å². The van der Waals surface area contributed by atoms with Crippen LogP contribution in [0, 0.1) is 17.0 Å². The van der Waals surface area contributed by atoms with Crippen molar-refractivity contribution in [3.63, 3.8) is 0 Å². The number of aromatic nitrogens is 1. The Labute approximate surface area is 125 Å². The molecule has 0 N–H and O–H groups in total. The highest BCUT2D eigenvalue weighted by molar-refractivity contribution is 9.10. The van der Waals surface area contributed by atoms with Crippen LogP contribution in [0.2, 0.25) is 0 Å². The third-order valence-electron chi connectivity index (χ3n) is 2.93. The van der Waals surface area contributed by atoms with E-state index in [1.807, 2.05) is 43.0 Å². The Morgan fingerprint density at radius 1 is 1.35 bits per heavy atom. The van der Waals surface area contributed by atoms with E-state index in [2.05, 4.69) is 20.9 Å². The molecule has 0 spiro atoms. The number of nitro groups is 1. The molecule has 0 aliphatic rings. The number of hydrogen-bond acceptors (Lipinski definition) is 4. The number of rotatable bonds is 4. The van der Waals surface area contributed by atoms with Crippen LogP contribution in [-0.4, -0.2) is 16.5 Å². The average molecular weight is 336 g/mol. The molecule has 0 saturated heterocycles. The molecule has 6 heteroatoms. The van der Waals surface area contributed by atoms with Gasteiger partial charge in [0.15, 0.2) is 0 Å². The number of pyridine rings is 1. The van der Waals surface area contributed by atoms with E-state index in [9.17, 15) is 10.1 Å². The van der Waals surface area contributed by atoms with Gasteiger partial charge in [0, 0.05) is 29.0 Å². The molecule has 1 aromatic carbocycles. The number of nitrogens with zero attached hydrogens (tertiary/aromatic N) is 3. The minimum Gasteiger partial charge on any atom is -0.321 e. The SMILES string of the molecule is CCN(c1ccc(C)cc1)c1ncc(Br)cc1[N+](=O)[O-]. The minimum absolute atomic E-state index is 0.0122. The van der Waals surface area contributed by atoms with Crippen LogP contribution in [0.25, 0.3) is 0 Å². The number of aryl methyl sites for hydroxylation is 1. The Hall–Kier alpha value is -1.95. The Morgan fingerprint density at radius 3 is 2.55 bits per heavy atom. The molecular formula is C14H14BrN3O2. The van der Waals surface area contributed by atoms with Gasteiger partial charge in [0.2, 0.25) is 5.82 Å². The van der Waals surface area contributed by atoms with Gasteiger partial charge in [-0.3, -0.25) is 10.1 Å². The standard InChI is InChI=1S/C14H14BrN3O2/c1-3-17(12-6-4-10(2)5-7-12)14-13(18(19)20)8-11(15)9-16-14/h4-9H,3H2,1-2H3. The van der Waals surface area contributed by atoms with E-state index >= 15 is 0 Å². The molecule has 0 amide bonds. The van der Waals surface area contributed by atoms with Gasteiger partial charge in [-0.25, -0.2) is 4.98 Å². The van der Waals surface area contributed by atoms with Gasteiger partial charge in [-0.2, -0.15) is 0 Å². The van der Waals surface area contributed by atoms with Gasteiger partial charge in [-0.1, -0.05) is 17.7 Å². The second-order valence-electron chi connectivity index (χ2n) is 4.33. The first kappa shape index (κ1) is 14.5. The topological polar surface area (TPSA) is 59.3 Å². The Kier molecular flexibility index (Phi) is 4.34. The third kappa shape index (κ3) is 2.96. The van der Waals surface area contributed by atoms with Crippen LogP contribution in [-0.2, 0) is 0 Å². The maximum absolute atomic E-state index is 11.2. The summed E-state index contributed by atoms with van der Waals surface area (Å²) in [4.78, 5) is 16.8. The lowest BCUT2D eigenvalue weighted by atomic mass is 10.2. The van der Waals surface area contributed by atoms with Crippen molar-refractivity contribution in [2.45, 2.75) is 13.8 Å². The van der Waals surface area contributed by atoms with Crippen LogP contribution in [0.3, 0.4) is 0 Å². The lowest BCUT2D eigenvalue weighted by molar-refractivity contribution is -0.384. The fraction of sp³-hybridized carbons (Fsp3) is 0.214. The number of benzene rings is 1. The smallest absolute Gasteiger partial charge is 0.313 e. The Morgan fingerprint density at radius 2 is 2.00 bits per heavy atom.